The molecule has 0 aromatic carbocycles. The lowest BCUT2D eigenvalue weighted by molar-refractivity contribution is -0.122. The molecule has 7 nitrogen and oxygen atoms in total. The molecule has 1 unspecified atom stereocenters. The summed E-state index contributed by atoms with van der Waals surface area (Å²) in [5.74, 6) is -0.437. The van der Waals surface area contributed by atoms with E-state index >= 15 is 0 Å². The van der Waals surface area contributed by atoms with Gasteiger partial charge in [0.25, 0.3) is 10.0 Å². The minimum Gasteiger partial charge on any atom is -0.396 e. The van der Waals surface area contributed by atoms with Crippen LogP contribution in [0.2, 0.25) is 0 Å². The third kappa shape index (κ3) is 5.36. The molecule has 120 valence electrons. The van der Waals surface area contributed by atoms with E-state index in [-0.39, 0.29) is 30.0 Å². The summed E-state index contributed by atoms with van der Waals surface area (Å²) in [7, 11) is -0.798. The number of likely N-dealkylation sites (N-methyl/N-ethyl adjacent to an activating group) is 1. The van der Waals surface area contributed by atoms with Crippen molar-refractivity contribution in [1.29, 1.82) is 0 Å². The number of thiophene rings is 1. The van der Waals surface area contributed by atoms with E-state index in [1.54, 1.807) is 11.4 Å². The molecule has 0 saturated carbocycles. The van der Waals surface area contributed by atoms with Crippen LogP contribution in [0, 0.1) is 0 Å². The van der Waals surface area contributed by atoms with Crippen LogP contribution in [0.4, 0.5) is 0 Å². The van der Waals surface area contributed by atoms with Crippen LogP contribution in [-0.2, 0) is 19.6 Å². The van der Waals surface area contributed by atoms with Gasteiger partial charge in [0.15, 0.2) is 0 Å². The maximum absolute atomic E-state index is 12.2. The predicted molar refractivity (Wildman–Crippen MR) is 79.6 cm³/mol. The number of hydrogen-bond donors (Lipinski definition) is 2. The highest BCUT2D eigenvalue weighted by Gasteiger charge is 2.24. The van der Waals surface area contributed by atoms with Crippen LogP contribution in [0.3, 0.4) is 0 Å². The van der Waals surface area contributed by atoms with Crippen LogP contribution in [0.25, 0.3) is 0 Å². The lowest BCUT2D eigenvalue weighted by Gasteiger charge is -2.20. The number of aliphatic hydroxyl groups is 1. The first-order valence-corrected chi connectivity index (χ1v) is 8.62. The Labute approximate surface area is 128 Å². The third-order valence-corrected chi connectivity index (χ3v) is 5.91. The van der Waals surface area contributed by atoms with Gasteiger partial charge in [0.05, 0.1) is 19.2 Å². The van der Waals surface area contributed by atoms with Crippen molar-refractivity contribution in [3.05, 3.63) is 17.5 Å². The Kier molecular flexibility index (Phi) is 7.26. The summed E-state index contributed by atoms with van der Waals surface area (Å²) in [6.45, 7) is -0.114. The molecule has 0 bridgehead atoms. The van der Waals surface area contributed by atoms with Crippen molar-refractivity contribution in [2.75, 3.05) is 33.9 Å². The Morgan fingerprint density at radius 1 is 1.57 bits per heavy atom. The Hall–Kier alpha value is -1.00. The average molecular weight is 336 g/mol. The molecule has 0 aliphatic rings. The largest absolute Gasteiger partial charge is 0.396 e. The summed E-state index contributed by atoms with van der Waals surface area (Å²) in [4.78, 5) is 11.9. The van der Waals surface area contributed by atoms with E-state index in [2.05, 4.69) is 5.32 Å². The molecule has 9 heteroatoms. The minimum absolute atomic E-state index is 0.0857. The van der Waals surface area contributed by atoms with Gasteiger partial charge < -0.3 is 15.2 Å². The number of sulfonamides is 1. The maximum atomic E-state index is 12.2. The average Bonchev–Trinajstić information content (AvgIpc) is 2.93. The van der Waals surface area contributed by atoms with Crippen molar-refractivity contribution in [3.63, 3.8) is 0 Å². The van der Waals surface area contributed by atoms with Gasteiger partial charge in [-0.05, 0) is 17.9 Å². The van der Waals surface area contributed by atoms with Crippen molar-refractivity contribution in [1.82, 2.24) is 9.62 Å². The first kappa shape index (κ1) is 18.1. The van der Waals surface area contributed by atoms with E-state index in [0.29, 0.717) is 6.42 Å². The molecule has 0 aliphatic heterocycles. The molecular weight excluding hydrogens is 316 g/mol. The molecule has 1 rings (SSSR count). The first-order valence-electron chi connectivity index (χ1n) is 6.30. The van der Waals surface area contributed by atoms with Gasteiger partial charge in [-0.15, -0.1) is 11.3 Å². The van der Waals surface area contributed by atoms with E-state index < -0.39 is 15.9 Å². The molecule has 0 fully saturated rings. The predicted octanol–water partition coefficient (Wildman–Crippen LogP) is -0.118. The fraction of sp³-hybridized carbons (Fsp3) is 0.583. The van der Waals surface area contributed by atoms with Gasteiger partial charge in [-0.1, -0.05) is 6.07 Å². The number of nitrogens with zero attached hydrogens (tertiary/aromatic N) is 1. The van der Waals surface area contributed by atoms with Crippen molar-refractivity contribution < 1.29 is 23.1 Å². The summed E-state index contributed by atoms with van der Waals surface area (Å²) in [6.07, 6.45) is 0.348. The fourth-order valence-corrected chi connectivity index (χ4v) is 4.01. The van der Waals surface area contributed by atoms with Crippen LogP contribution >= 0.6 is 11.3 Å². The molecule has 0 aliphatic carbocycles. The lowest BCUT2D eigenvalue weighted by atomic mass is 10.2. The SMILES string of the molecule is COCC(CCO)NC(=O)CN(C)S(=O)(=O)c1cccs1. The van der Waals surface area contributed by atoms with Gasteiger partial charge in [0.2, 0.25) is 5.91 Å². The second kappa shape index (κ2) is 8.44. The number of ether oxygens (including phenoxy) is 1. The van der Waals surface area contributed by atoms with E-state index in [1.807, 2.05) is 0 Å². The Morgan fingerprint density at radius 3 is 2.81 bits per heavy atom. The zero-order chi connectivity index (χ0) is 15.9. The summed E-state index contributed by atoms with van der Waals surface area (Å²) in [6, 6.07) is 2.79. The normalized spacial score (nSPS) is 13.3. The molecule has 1 aromatic rings. The number of carbonyl (C=O) groups is 1. The molecule has 2 N–H and O–H groups in total. The second-order valence-electron chi connectivity index (χ2n) is 4.43. The number of nitrogens with one attached hydrogen (secondary N) is 1. The van der Waals surface area contributed by atoms with E-state index in [0.717, 1.165) is 15.6 Å². The van der Waals surface area contributed by atoms with Gasteiger partial charge in [-0.2, -0.15) is 4.31 Å². The topological polar surface area (TPSA) is 95.9 Å². The molecular formula is C12H20N2O5S2. The van der Waals surface area contributed by atoms with Crippen LogP contribution < -0.4 is 5.32 Å². The molecule has 0 saturated heterocycles. The second-order valence-corrected chi connectivity index (χ2v) is 7.64. The van der Waals surface area contributed by atoms with Gasteiger partial charge in [0.1, 0.15) is 4.21 Å². The number of methoxy groups -OCH3 is 1. The van der Waals surface area contributed by atoms with Crippen molar-refractivity contribution >= 4 is 27.3 Å². The van der Waals surface area contributed by atoms with Crippen LogP contribution in [0.15, 0.2) is 21.7 Å². The first-order chi connectivity index (χ1) is 9.91. The number of aliphatic hydroxyl groups excluding tert-OH is 1. The summed E-state index contributed by atoms with van der Waals surface area (Å²) in [5, 5.41) is 13.2. The summed E-state index contributed by atoms with van der Waals surface area (Å²) in [5.41, 5.74) is 0. The summed E-state index contributed by atoms with van der Waals surface area (Å²) >= 11 is 1.10. The highest BCUT2D eigenvalue weighted by atomic mass is 32.2. The summed E-state index contributed by atoms with van der Waals surface area (Å²) < 4.78 is 30.4. The maximum Gasteiger partial charge on any atom is 0.252 e. The van der Waals surface area contributed by atoms with Crippen LogP contribution in [0.5, 0.6) is 0 Å². The number of rotatable bonds is 9. The monoisotopic (exact) mass is 336 g/mol. The standard InChI is InChI=1S/C12H20N2O5S2/c1-14(21(17,18)12-4-3-7-20-12)8-11(16)13-10(5-6-15)9-19-2/h3-4,7,10,15H,5-6,8-9H2,1-2H3,(H,13,16). The number of amides is 1. The quantitative estimate of drug-likeness (QED) is 0.655. The third-order valence-electron chi connectivity index (χ3n) is 2.74. The van der Waals surface area contributed by atoms with E-state index in [9.17, 15) is 13.2 Å². The Morgan fingerprint density at radius 2 is 2.29 bits per heavy atom. The van der Waals surface area contributed by atoms with E-state index in [1.165, 1.54) is 20.2 Å². The molecule has 21 heavy (non-hydrogen) atoms. The number of hydrogen-bond acceptors (Lipinski definition) is 6. The molecule has 0 radical (unpaired) electrons. The van der Waals surface area contributed by atoms with Crippen LogP contribution in [-0.4, -0.2) is 63.7 Å². The van der Waals surface area contributed by atoms with E-state index in [4.69, 9.17) is 9.84 Å². The molecule has 0 spiro atoms. The zero-order valence-corrected chi connectivity index (χ0v) is 13.6. The van der Waals surface area contributed by atoms with Gasteiger partial charge in [-0.25, -0.2) is 8.42 Å². The van der Waals surface area contributed by atoms with Crippen molar-refractivity contribution in [2.24, 2.45) is 0 Å². The fourth-order valence-electron chi connectivity index (χ4n) is 1.68. The minimum atomic E-state index is -3.64. The highest BCUT2D eigenvalue weighted by Crippen LogP contribution is 2.19. The smallest absolute Gasteiger partial charge is 0.252 e. The van der Waals surface area contributed by atoms with Gasteiger partial charge in [0, 0.05) is 20.8 Å². The highest BCUT2D eigenvalue weighted by molar-refractivity contribution is 7.91. The lowest BCUT2D eigenvalue weighted by Crippen LogP contribution is -2.44. The molecule has 1 amide bonds. The Bertz CT molecular complexity index is 524. The Balaban J connectivity index is 2.61. The van der Waals surface area contributed by atoms with Gasteiger partial charge in [-0.3, -0.25) is 4.79 Å². The van der Waals surface area contributed by atoms with Crippen LogP contribution in [0.1, 0.15) is 6.42 Å². The number of carbonyl (C=O) groups excluding carboxylic acids is 1. The molecule has 1 atom stereocenters. The zero-order valence-electron chi connectivity index (χ0n) is 12.0. The molecule has 1 heterocycles. The van der Waals surface area contributed by atoms with Gasteiger partial charge >= 0.3 is 0 Å². The van der Waals surface area contributed by atoms with Crippen molar-refractivity contribution in [2.45, 2.75) is 16.7 Å². The molecule has 1 aromatic heterocycles. The van der Waals surface area contributed by atoms with Crippen molar-refractivity contribution in [3.8, 4) is 0 Å².